The number of hydrogen-bond acceptors (Lipinski definition) is 4. The van der Waals surface area contributed by atoms with Gasteiger partial charge in [-0.25, -0.2) is 0 Å². The van der Waals surface area contributed by atoms with E-state index in [1.54, 1.807) is 24.3 Å². The predicted octanol–water partition coefficient (Wildman–Crippen LogP) is 2.32. The van der Waals surface area contributed by atoms with Crippen LogP contribution in [0.2, 0.25) is 0 Å². The van der Waals surface area contributed by atoms with Crippen LogP contribution in [0, 0.1) is 11.3 Å². The zero-order chi connectivity index (χ0) is 14.5. The molecule has 1 aromatic carbocycles. The maximum atomic E-state index is 12.1. The number of thioether (sulfide) groups is 1. The van der Waals surface area contributed by atoms with Gasteiger partial charge >= 0.3 is 0 Å². The van der Waals surface area contributed by atoms with Crippen LogP contribution in [0.5, 0.6) is 0 Å². The van der Waals surface area contributed by atoms with Gasteiger partial charge in [-0.05, 0) is 25.1 Å². The Morgan fingerprint density at radius 3 is 3.10 bits per heavy atom. The zero-order valence-electron chi connectivity index (χ0n) is 11.8. The summed E-state index contributed by atoms with van der Waals surface area (Å²) in [6.07, 6.45) is 0. The molecular weight excluding hydrogens is 270 g/mol. The van der Waals surface area contributed by atoms with Crippen molar-refractivity contribution >= 4 is 23.4 Å². The van der Waals surface area contributed by atoms with Crippen molar-refractivity contribution in [2.45, 2.75) is 25.1 Å². The Hall–Kier alpha value is -1.51. The molecule has 5 heteroatoms. The van der Waals surface area contributed by atoms with E-state index >= 15 is 0 Å². The monoisotopic (exact) mass is 289 g/mol. The van der Waals surface area contributed by atoms with Gasteiger partial charge in [-0.2, -0.15) is 17.0 Å². The summed E-state index contributed by atoms with van der Waals surface area (Å²) in [6, 6.07) is 9.47. The molecule has 1 heterocycles. The lowest BCUT2D eigenvalue weighted by Gasteiger charge is -2.36. The Morgan fingerprint density at radius 2 is 2.35 bits per heavy atom. The molecule has 2 unspecified atom stereocenters. The van der Waals surface area contributed by atoms with Gasteiger partial charge in [-0.3, -0.25) is 9.69 Å². The molecule has 1 saturated heterocycles. The number of amides is 1. The second kappa shape index (κ2) is 6.78. The summed E-state index contributed by atoms with van der Waals surface area (Å²) in [5.41, 5.74) is 1.24. The summed E-state index contributed by atoms with van der Waals surface area (Å²) < 4.78 is 0. The van der Waals surface area contributed by atoms with Crippen LogP contribution in [0.4, 0.5) is 5.69 Å². The minimum Gasteiger partial charge on any atom is -0.325 e. The fraction of sp³-hybridized carbons (Fsp3) is 0.467. The lowest BCUT2D eigenvalue weighted by molar-refractivity contribution is -0.117. The number of nitriles is 1. The molecule has 1 N–H and O–H groups in total. The SMILES string of the molecule is CC1SCCN(CC(=O)Nc2cccc(C#N)c2)C1C. The van der Waals surface area contributed by atoms with E-state index in [1.165, 1.54) is 0 Å². The van der Waals surface area contributed by atoms with Gasteiger partial charge in [0.2, 0.25) is 5.91 Å². The molecule has 2 atom stereocenters. The first kappa shape index (κ1) is 14.9. The number of anilines is 1. The molecule has 0 aliphatic carbocycles. The molecule has 1 amide bonds. The van der Waals surface area contributed by atoms with Crippen LogP contribution < -0.4 is 5.32 Å². The van der Waals surface area contributed by atoms with Crippen LogP contribution >= 0.6 is 11.8 Å². The minimum absolute atomic E-state index is 0.0222. The van der Waals surface area contributed by atoms with Crippen molar-refractivity contribution in [1.29, 1.82) is 5.26 Å². The first-order chi connectivity index (χ1) is 9.60. The molecule has 1 aromatic rings. The van der Waals surface area contributed by atoms with E-state index in [-0.39, 0.29) is 5.91 Å². The van der Waals surface area contributed by atoms with Gasteiger partial charge < -0.3 is 5.32 Å². The topological polar surface area (TPSA) is 56.1 Å². The molecular formula is C15H19N3OS. The van der Waals surface area contributed by atoms with Crippen molar-refractivity contribution in [2.75, 3.05) is 24.2 Å². The fourth-order valence-corrected chi connectivity index (χ4v) is 3.43. The van der Waals surface area contributed by atoms with E-state index in [4.69, 9.17) is 5.26 Å². The standard InChI is InChI=1S/C15H19N3OS/c1-11-12(2)20-7-6-18(11)10-15(19)17-14-5-3-4-13(8-14)9-16/h3-5,8,11-12H,6-7,10H2,1-2H3,(H,17,19). The van der Waals surface area contributed by atoms with Gasteiger partial charge in [-0.15, -0.1) is 0 Å². The summed E-state index contributed by atoms with van der Waals surface area (Å²) in [6.45, 7) is 5.72. The first-order valence-electron chi connectivity index (χ1n) is 6.76. The summed E-state index contributed by atoms with van der Waals surface area (Å²) >= 11 is 1.96. The van der Waals surface area contributed by atoms with E-state index in [2.05, 4.69) is 30.1 Å². The van der Waals surface area contributed by atoms with Crippen LogP contribution in [0.3, 0.4) is 0 Å². The molecule has 1 aliphatic rings. The van der Waals surface area contributed by atoms with Crippen LogP contribution in [0.15, 0.2) is 24.3 Å². The van der Waals surface area contributed by atoms with Gasteiger partial charge in [0.1, 0.15) is 0 Å². The van der Waals surface area contributed by atoms with Gasteiger partial charge in [0.05, 0.1) is 18.2 Å². The third kappa shape index (κ3) is 3.75. The average Bonchev–Trinajstić information content (AvgIpc) is 2.44. The van der Waals surface area contributed by atoms with Crippen molar-refractivity contribution in [2.24, 2.45) is 0 Å². The Labute approximate surface area is 124 Å². The highest BCUT2D eigenvalue weighted by Crippen LogP contribution is 2.23. The van der Waals surface area contributed by atoms with Crippen molar-refractivity contribution in [3.8, 4) is 6.07 Å². The van der Waals surface area contributed by atoms with E-state index in [0.29, 0.717) is 29.1 Å². The predicted molar refractivity (Wildman–Crippen MR) is 82.7 cm³/mol. The second-order valence-corrected chi connectivity index (χ2v) is 6.51. The van der Waals surface area contributed by atoms with E-state index in [0.717, 1.165) is 12.3 Å². The van der Waals surface area contributed by atoms with Crippen molar-refractivity contribution in [1.82, 2.24) is 4.90 Å². The molecule has 0 radical (unpaired) electrons. The third-order valence-electron chi connectivity index (χ3n) is 3.64. The lowest BCUT2D eigenvalue weighted by Crippen LogP contribution is -2.47. The summed E-state index contributed by atoms with van der Waals surface area (Å²) in [4.78, 5) is 14.3. The summed E-state index contributed by atoms with van der Waals surface area (Å²) in [5, 5.41) is 12.3. The molecule has 20 heavy (non-hydrogen) atoms. The maximum absolute atomic E-state index is 12.1. The fourth-order valence-electron chi connectivity index (χ4n) is 2.27. The second-order valence-electron chi connectivity index (χ2n) is 5.03. The van der Waals surface area contributed by atoms with E-state index < -0.39 is 0 Å². The number of nitrogens with one attached hydrogen (secondary N) is 1. The number of carbonyl (C=O) groups excluding carboxylic acids is 1. The van der Waals surface area contributed by atoms with Crippen LogP contribution in [-0.4, -0.2) is 40.9 Å². The van der Waals surface area contributed by atoms with Crippen LogP contribution in [-0.2, 0) is 4.79 Å². The zero-order valence-corrected chi connectivity index (χ0v) is 12.6. The Bertz CT molecular complexity index is 526. The van der Waals surface area contributed by atoms with E-state index in [9.17, 15) is 4.79 Å². The third-order valence-corrected chi connectivity index (χ3v) is 4.97. The number of carbonyl (C=O) groups is 1. The molecule has 0 bridgehead atoms. The molecule has 106 valence electrons. The molecule has 0 saturated carbocycles. The quantitative estimate of drug-likeness (QED) is 0.928. The molecule has 0 aromatic heterocycles. The molecule has 0 spiro atoms. The summed E-state index contributed by atoms with van der Waals surface area (Å²) in [7, 11) is 0. The number of benzene rings is 1. The smallest absolute Gasteiger partial charge is 0.238 e. The average molecular weight is 289 g/mol. The lowest BCUT2D eigenvalue weighted by atomic mass is 10.2. The van der Waals surface area contributed by atoms with Gasteiger partial charge in [0.25, 0.3) is 0 Å². The number of hydrogen-bond donors (Lipinski definition) is 1. The highest BCUT2D eigenvalue weighted by atomic mass is 32.2. The Kier molecular flexibility index (Phi) is 5.05. The van der Waals surface area contributed by atoms with Gasteiger partial charge in [0.15, 0.2) is 0 Å². The molecule has 4 nitrogen and oxygen atoms in total. The highest BCUT2D eigenvalue weighted by molar-refractivity contribution is 8.00. The van der Waals surface area contributed by atoms with Crippen LogP contribution in [0.25, 0.3) is 0 Å². The van der Waals surface area contributed by atoms with Gasteiger partial charge in [0, 0.05) is 29.3 Å². The largest absolute Gasteiger partial charge is 0.325 e. The van der Waals surface area contributed by atoms with Crippen molar-refractivity contribution in [3.05, 3.63) is 29.8 Å². The molecule has 1 fully saturated rings. The first-order valence-corrected chi connectivity index (χ1v) is 7.80. The summed E-state index contributed by atoms with van der Waals surface area (Å²) in [5.74, 6) is 1.05. The van der Waals surface area contributed by atoms with Crippen molar-refractivity contribution < 1.29 is 4.79 Å². The number of rotatable bonds is 3. The van der Waals surface area contributed by atoms with Crippen LogP contribution in [0.1, 0.15) is 19.4 Å². The highest BCUT2D eigenvalue weighted by Gasteiger charge is 2.26. The Balaban J connectivity index is 1.93. The normalized spacial score (nSPS) is 23.1. The van der Waals surface area contributed by atoms with E-state index in [1.807, 2.05) is 11.8 Å². The molecule has 2 rings (SSSR count). The van der Waals surface area contributed by atoms with Crippen molar-refractivity contribution in [3.63, 3.8) is 0 Å². The molecule has 1 aliphatic heterocycles. The van der Waals surface area contributed by atoms with Gasteiger partial charge in [-0.1, -0.05) is 13.0 Å². The number of nitrogens with zero attached hydrogens (tertiary/aromatic N) is 2. The Morgan fingerprint density at radius 1 is 1.55 bits per heavy atom. The maximum Gasteiger partial charge on any atom is 0.238 e. The minimum atomic E-state index is -0.0222.